The van der Waals surface area contributed by atoms with Gasteiger partial charge in [0.25, 0.3) is 0 Å². The minimum absolute atomic E-state index is 0. The van der Waals surface area contributed by atoms with Crippen molar-refractivity contribution >= 4 is 30.3 Å². The van der Waals surface area contributed by atoms with Crippen LogP contribution in [0.25, 0.3) is 6.08 Å². The van der Waals surface area contributed by atoms with Crippen molar-refractivity contribution in [3.8, 4) is 0 Å². The molecule has 0 aromatic heterocycles. The van der Waals surface area contributed by atoms with Crippen LogP contribution in [0.4, 0.5) is 0 Å². The summed E-state index contributed by atoms with van der Waals surface area (Å²) in [5.74, 6) is 0.419. The van der Waals surface area contributed by atoms with E-state index >= 15 is 0 Å². The number of rotatable bonds is 3. The number of nitrogens with zero attached hydrogens (tertiary/aromatic N) is 2. The Morgan fingerprint density at radius 3 is 2.73 bits per heavy atom. The van der Waals surface area contributed by atoms with Crippen LogP contribution in [0.3, 0.4) is 0 Å². The van der Waals surface area contributed by atoms with Crippen LogP contribution in [0.2, 0.25) is 0 Å². The normalized spacial score (nSPS) is 23.0. The van der Waals surface area contributed by atoms with Gasteiger partial charge in [-0.15, -0.1) is 12.4 Å². The summed E-state index contributed by atoms with van der Waals surface area (Å²) in [5, 5.41) is 0. The van der Waals surface area contributed by atoms with Crippen LogP contribution in [0, 0.1) is 5.92 Å². The van der Waals surface area contributed by atoms with Crippen LogP contribution in [-0.2, 0) is 9.59 Å². The van der Waals surface area contributed by atoms with Crippen molar-refractivity contribution in [1.82, 2.24) is 9.80 Å². The maximum absolute atomic E-state index is 12.9. The van der Waals surface area contributed by atoms with Gasteiger partial charge in [-0.05, 0) is 42.9 Å². The van der Waals surface area contributed by atoms with E-state index in [1.807, 2.05) is 42.2 Å². The van der Waals surface area contributed by atoms with Crippen molar-refractivity contribution in [2.45, 2.75) is 45.2 Å². The average molecular weight is 378 g/mol. The molecule has 6 heteroatoms. The Bertz CT molecular complexity index is 689. The third-order valence-corrected chi connectivity index (χ3v) is 5.39. The number of benzene rings is 1. The molecule has 2 N–H and O–H groups in total. The average Bonchev–Trinajstić information content (AvgIpc) is 2.61. The number of halogens is 1. The second-order valence-corrected chi connectivity index (χ2v) is 7.19. The molecule has 0 aliphatic carbocycles. The summed E-state index contributed by atoms with van der Waals surface area (Å²) in [6, 6.07) is 7.83. The number of carbonyl (C=O) groups excluding carboxylic acids is 2. The molecule has 0 bridgehead atoms. The zero-order valence-corrected chi connectivity index (χ0v) is 16.2. The van der Waals surface area contributed by atoms with Crippen molar-refractivity contribution < 1.29 is 9.59 Å². The fourth-order valence-corrected chi connectivity index (χ4v) is 3.87. The number of hydrogen-bond donors (Lipinski definition) is 1. The minimum Gasteiger partial charge on any atom is -0.342 e. The molecule has 26 heavy (non-hydrogen) atoms. The lowest BCUT2D eigenvalue weighted by Crippen LogP contribution is -2.46. The molecule has 1 aromatic rings. The molecule has 3 rings (SSSR count). The molecule has 2 aliphatic rings. The minimum atomic E-state index is -0.234. The van der Waals surface area contributed by atoms with E-state index in [4.69, 9.17) is 5.73 Å². The molecule has 1 fully saturated rings. The van der Waals surface area contributed by atoms with Gasteiger partial charge in [0.05, 0.1) is 12.5 Å². The van der Waals surface area contributed by atoms with Crippen molar-refractivity contribution in [1.29, 1.82) is 0 Å². The van der Waals surface area contributed by atoms with E-state index in [-0.39, 0.29) is 36.3 Å². The van der Waals surface area contributed by atoms with Gasteiger partial charge in [0.1, 0.15) is 0 Å². The second kappa shape index (κ2) is 8.69. The number of piperidine rings is 1. The van der Waals surface area contributed by atoms with Gasteiger partial charge in [-0.25, -0.2) is 0 Å². The Labute approximate surface area is 161 Å². The standard InChI is InChI=1S/C20H27N3O2.ClH/c1-14(21)17-7-5-10-22(13-17)20(25)12-19-18-8-4-3-6-16(18)9-11-23(19)15(2)24;/h3-4,6,8-9,11,14,17,19H,5,7,10,12-13,21H2,1-2H3;1H. The first kappa shape index (κ1) is 20.5. The van der Waals surface area contributed by atoms with Gasteiger partial charge in [0.2, 0.25) is 11.8 Å². The van der Waals surface area contributed by atoms with Crippen molar-refractivity contribution in [2.24, 2.45) is 11.7 Å². The number of amides is 2. The van der Waals surface area contributed by atoms with Crippen LogP contribution >= 0.6 is 12.4 Å². The summed E-state index contributed by atoms with van der Waals surface area (Å²) < 4.78 is 0. The van der Waals surface area contributed by atoms with Gasteiger partial charge in [-0.2, -0.15) is 0 Å². The van der Waals surface area contributed by atoms with E-state index < -0.39 is 0 Å². The first-order chi connectivity index (χ1) is 12.0. The molecule has 1 saturated heterocycles. The lowest BCUT2D eigenvalue weighted by molar-refractivity contribution is -0.136. The Hall–Kier alpha value is -1.85. The molecule has 5 nitrogen and oxygen atoms in total. The van der Waals surface area contributed by atoms with E-state index in [0.29, 0.717) is 12.3 Å². The zero-order valence-electron chi connectivity index (χ0n) is 15.4. The van der Waals surface area contributed by atoms with E-state index in [9.17, 15) is 9.59 Å². The molecule has 0 spiro atoms. The monoisotopic (exact) mass is 377 g/mol. The number of fused-ring (bicyclic) bond motifs is 1. The SMILES string of the molecule is CC(=O)N1C=Cc2ccccc2C1CC(=O)N1CCCC(C(C)N)C1.Cl. The first-order valence-electron chi connectivity index (χ1n) is 9.06. The number of nitrogens with two attached hydrogens (primary N) is 1. The van der Waals surface area contributed by atoms with Gasteiger partial charge in [0.15, 0.2) is 0 Å². The third kappa shape index (κ3) is 4.27. The van der Waals surface area contributed by atoms with Crippen molar-refractivity contribution in [2.75, 3.05) is 13.1 Å². The molecule has 0 radical (unpaired) electrons. The maximum Gasteiger partial charge on any atom is 0.225 e. The molecular weight excluding hydrogens is 350 g/mol. The maximum atomic E-state index is 12.9. The summed E-state index contributed by atoms with van der Waals surface area (Å²) in [7, 11) is 0. The highest BCUT2D eigenvalue weighted by Gasteiger charge is 2.32. The van der Waals surface area contributed by atoms with Crippen LogP contribution in [0.5, 0.6) is 0 Å². The highest BCUT2D eigenvalue weighted by atomic mass is 35.5. The Morgan fingerprint density at radius 2 is 2.04 bits per heavy atom. The van der Waals surface area contributed by atoms with Crippen molar-refractivity contribution in [3.05, 3.63) is 41.6 Å². The molecule has 1 aromatic carbocycles. The van der Waals surface area contributed by atoms with Crippen LogP contribution in [-0.4, -0.2) is 40.7 Å². The molecule has 2 heterocycles. The van der Waals surface area contributed by atoms with Crippen LogP contribution in [0.1, 0.15) is 50.3 Å². The Balaban J connectivity index is 0.00000243. The van der Waals surface area contributed by atoms with Gasteiger partial charge >= 0.3 is 0 Å². The molecule has 0 saturated carbocycles. The fraction of sp³-hybridized carbons (Fsp3) is 0.500. The van der Waals surface area contributed by atoms with E-state index in [2.05, 4.69) is 0 Å². The zero-order chi connectivity index (χ0) is 18.0. The smallest absolute Gasteiger partial charge is 0.225 e. The molecule has 2 amide bonds. The Morgan fingerprint density at radius 1 is 1.31 bits per heavy atom. The summed E-state index contributed by atoms with van der Waals surface area (Å²) in [5.41, 5.74) is 8.15. The lowest BCUT2D eigenvalue weighted by Gasteiger charge is -2.37. The van der Waals surface area contributed by atoms with Crippen LogP contribution < -0.4 is 5.73 Å². The summed E-state index contributed by atoms with van der Waals surface area (Å²) in [6.45, 7) is 5.06. The largest absolute Gasteiger partial charge is 0.342 e. The highest BCUT2D eigenvalue weighted by molar-refractivity contribution is 5.85. The van der Waals surface area contributed by atoms with E-state index in [1.165, 1.54) is 0 Å². The molecule has 142 valence electrons. The predicted molar refractivity (Wildman–Crippen MR) is 106 cm³/mol. The van der Waals surface area contributed by atoms with Gasteiger partial charge in [-0.3, -0.25) is 9.59 Å². The van der Waals surface area contributed by atoms with E-state index in [0.717, 1.165) is 37.1 Å². The molecular formula is C20H28ClN3O2. The number of hydrogen-bond acceptors (Lipinski definition) is 3. The van der Waals surface area contributed by atoms with Crippen LogP contribution in [0.15, 0.2) is 30.5 Å². The van der Waals surface area contributed by atoms with Gasteiger partial charge < -0.3 is 15.5 Å². The third-order valence-electron chi connectivity index (χ3n) is 5.39. The second-order valence-electron chi connectivity index (χ2n) is 7.19. The molecule has 3 unspecified atom stereocenters. The van der Waals surface area contributed by atoms with E-state index in [1.54, 1.807) is 18.0 Å². The summed E-state index contributed by atoms with van der Waals surface area (Å²) in [6.07, 6.45) is 6.12. The first-order valence-corrected chi connectivity index (χ1v) is 9.06. The summed E-state index contributed by atoms with van der Waals surface area (Å²) in [4.78, 5) is 28.6. The summed E-state index contributed by atoms with van der Waals surface area (Å²) >= 11 is 0. The lowest BCUT2D eigenvalue weighted by atomic mass is 9.90. The number of carbonyl (C=O) groups is 2. The molecule has 2 aliphatic heterocycles. The predicted octanol–water partition coefficient (Wildman–Crippen LogP) is 2.96. The highest BCUT2D eigenvalue weighted by Crippen LogP contribution is 2.33. The Kier molecular flexibility index (Phi) is 6.84. The topological polar surface area (TPSA) is 66.6 Å². The quantitative estimate of drug-likeness (QED) is 0.880. The van der Waals surface area contributed by atoms with Gasteiger partial charge in [0, 0.05) is 32.3 Å². The fourth-order valence-electron chi connectivity index (χ4n) is 3.87. The number of likely N-dealkylation sites (tertiary alicyclic amines) is 1. The van der Waals surface area contributed by atoms with Gasteiger partial charge in [-0.1, -0.05) is 24.3 Å². The molecule has 3 atom stereocenters. The van der Waals surface area contributed by atoms with Crippen molar-refractivity contribution in [3.63, 3.8) is 0 Å².